The molecule has 0 amide bonds. The molecule has 0 bridgehead atoms. The van der Waals surface area contributed by atoms with Crippen molar-refractivity contribution < 1.29 is 33.8 Å². The van der Waals surface area contributed by atoms with Gasteiger partial charge in [0.25, 0.3) is 0 Å². The smallest absolute Gasteiger partial charge is 0.269 e. The second kappa shape index (κ2) is 5.05. The fourth-order valence-corrected chi connectivity index (χ4v) is 2.82. The van der Waals surface area contributed by atoms with Gasteiger partial charge in [0.2, 0.25) is 0 Å². The van der Waals surface area contributed by atoms with Gasteiger partial charge in [-0.05, 0) is 0 Å². The average Bonchev–Trinajstić information content (AvgIpc) is 2.07. The van der Waals surface area contributed by atoms with Gasteiger partial charge in [-0.1, -0.05) is 0 Å². The van der Waals surface area contributed by atoms with Crippen LogP contribution < -0.4 is 0 Å². The molecule has 0 N–H and O–H groups in total. The van der Waals surface area contributed by atoms with Crippen LogP contribution in [0.2, 0.25) is 0 Å². The molecule has 1 aliphatic carbocycles. The maximum atomic E-state index is 2.32. The molecular formula is C9H15F2Hf. The van der Waals surface area contributed by atoms with Crippen LogP contribution in [0.5, 0.6) is 0 Å². The zero-order valence-electron chi connectivity index (χ0n) is 7.89. The van der Waals surface area contributed by atoms with Crippen LogP contribution >= 0.6 is 0 Å². The van der Waals surface area contributed by atoms with E-state index in [0.717, 1.165) is 5.92 Å². The van der Waals surface area contributed by atoms with E-state index in [9.17, 15) is 0 Å². The van der Waals surface area contributed by atoms with Crippen molar-refractivity contribution >= 4 is 0 Å². The van der Waals surface area contributed by atoms with Crippen LogP contribution in [0.4, 0.5) is 9.41 Å². The minimum Gasteiger partial charge on any atom is -0.269 e. The van der Waals surface area contributed by atoms with Gasteiger partial charge < -0.3 is 0 Å². The Bertz CT molecular complexity index is 205. The molecule has 0 spiro atoms. The van der Waals surface area contributed by atoms with Crippen molar-refractivity contribution in [3.63, 3.8) is 0 Å². The molecule has 0 aromatic heterocycles. The molecule has 0 aromatic carbocycles. The van der Waals surface area contributed by atoms with Crippen molar-refractivity contribution in [3.05, 3.63) is 20.0 Å². The Kier molecular flexibility index (Phi) is 6.20. The van der Waals surface area contributed by atoms with Crippen molar-refractivity contribution in [1.82, 2.24) is 0 Å². The molecule has 0 saturated carbocycles. The van der Waals surface area contributed by atoms with Crippen LogP contribution in [0.25, 0.3) is 0 Å². The van der Waals surface area contributed by atoms with Crippen molar-refractivity contribution in [3.8, 4) is 0 Å². The summed E-state index contributed by atoms with van der Waals surface area (Å²) in [7, 11) is 0. The largest absolute Gasteiger partial charge is 0.269 e. The molecule has 1 rings (SSSR count). The molecule has 0 aliphatic heterocycles. The van der Waals surface area contributed by atoms with Crippen LogP contribution in [-0.4, -0.2) is 0 Å². The predicted octanol–water partition coefficient (Wildman–Crippen LogP) is 3.10. The van der Waals surface area contributed by atoms with Gasteiger partial charge in [-0.25, -0.2) is 0 Å². The Morgan fingerprint density at radius 2 is 1.42 bits per heavy atom. The Morgan fingerprint density at radius 1 is 1.00 bits per heavy atom. The molecule has 0 nitrogen and oxygen atoms in total. The third-order valence-corrected chi connectivity index (χ3v) is 5.54. The van der Waals surface area contributed by atoms with Crippen molar-refractivity contribution in [2.45, 2.75) is 27.7 Å². The van der Waals surface area contributed by atoms with E-state index in [0.29, 0.717) is 0 Å². The molecule has 0 heterocycles. The van der Waals surface area contributed by atoms with Gasteiger partial charge in [-0.2, -0.15) is 0 Å². The van der Waals surface area contributed by atoms with E-state index in [1.807, 2.05) is 0 Å². The normalized spacial score (nSPS) is 22.1. The molecule has 1 aliphatic rings. The summed E-state index contributed by atoms with van der Waals surface area (Å²) in [5.74, 6) is 0.756. The third kappa shape index (κ3) is 2.12. The number of hydrogen-bond acceptors (Lipinski definition) is 0. The summed E-state index contributed by atoms with van der Waals surface area (Å²) in [4.78, 5) is 0. The molecule has 12 heavy (non-hydrogen) atoms. The Morgan fingerprint density at radius 3 is 1.50 bits per heavy atom. The minimum absolute atomic E-state index is 0. The molecule has 1 unspecified atom stereocenters. The zero-order chi connectivity index (χ0) is 7.89. The quantitative estimate of drug-likeness (QED) is 0.595. The molecule has 0 radical (unpaired) electrons. The number of halogens is 2. The second-order valence-corrected chi connectivity index (χ2v) is 5.00. The van der Waals surface area contributed by atoms with E-state index in [-0.39, 0.29) is 9.41 Å². The Hall–Kier alpha value is 0.210. The standard InChI is InChI=1S/C9H13.2FH.Hf/c1-6-5-7(2)9(4)8(6)3;;;/h6H,1-4H3;2*1H;. The third-order valence-electron chi connectivity index (χ3n) is 2.64. The van der Waals surface area contributed by atoms with Gasteiger partial charge in [0.15, 0.2) is 0 Å². The molecule has 1 atom stereocenters. The molecule has 69 valence electrons. The maximum Gasteiger partial charge on any atom is -0.269 e. The average molecular weight is 340 g/mol. The first-order valence-corrected chi connectivity index (χ1v) is 5.45. The van der Waals surface area contributed by atoms with E-state index in [2.05, 4.69) is 27.7 Å². The fraction of sp³-hybridized carbons (Fsp3) is 0.556. The fourth-order valence-electron chi connectivity index (χ4n) is 1.36. The van der Waals surface area contributed by atoms with E-state index in [4.69, 9.17) is 0 Å². The summed E-state index contributed by atoms with van der Waals surface area (Å²) in [5, 5.41) is 0. The van der Waals surface area contributed by atoms with Gasteiger partial charge in [-0.15, -0.1) is 0 Å². The van der Waals surface area contributed by atoms with E-state index < -0.39 is 0 Å². The molecule has 3 heteroatoms. The van der Waals surface area contributed by atoms with E-state index in [1.54, 1.807) is 14.5 Å². The SMILES string of the molecule is CC1=C(C)C(C)[C]([Hf])=C1C.F.F. The number of rotatable bonds is 0. The topological polar surface area (TPSA) is 0 Å². The second-order valence-electron chi connectivity index (χ2n) is 3.07. The Balaban J connectivity index is 0. The molecule has 0 aromatic rings. The van der Waals surface area contributed by atoms with Crippen molar-refractivity contribution in [1.29, 1.82) is 0 Å². The van der Waals surface area contributed by atoms with Gasteiger partial charge in [0.05, 0.1) is 0 Å². The summed E-state index contributed by atoms with van der Waals surface area (Å²) in [6, 6.07) is 0. The molecule has 0 fully saturated rings. The maximum absolute atomic E-state index is 2.32. The van der Waals surface area contributed by atoms with Gasteiger partial charge in [-0.3, -0.25) is 9.41 Å². The first kappa shape index (κ1) is 14.7. The van der Waals surface area contributed by atoms with Crippen LogP contribution in [-0.2, 0) is 24.4 Å². The molecular weight excluding hydrogens is 325 g/mol. The van der Waals surface area contributed by atoms with Crippen LogP contribution in [0, 0.1) is 5.92 Å². The summed E-state index contributed by atoms with van der Waals surface area (Å²) < 4.78 is 1.69. The summed E-state index contributed by atoms with van der Waals surface area (Å²) >= 11 is 1.23. The first-order chi connectivity index (χ1) is 4.55. The van der Waals surface area contributed by atoms with Gasteiger partial charge in [0.1, 0.15) is 0 Å². The van der Waals surface area contributed by atoms with Crippen molar-refractivity contribution in [2.75, 3.05) is 0 Å². The predicted molar refractivity (Wildman–Crippen MR) is 45.2 cm³/mol. The zero-order valence-corrected chi connectivity index (χ0v) is 11.5. The monoisotopic (exact) mass is 341 g/mol. The number of allylic oxidation sites excluding steroid dienone is 4. The Labute approximate surface area is 87.4 Å². The van der Waals surface area contributed by atoms with Crippen LogP contribution in [0.15, 0.2) is 20.0 Å². The van der Waals surface area contributed by atoms with Crippen LogP contribution in [0.3, 0.4) is 0 Å². The van der Waals surface area contributed by atoms with Gasteiger partial charge in [0, 0.05) is 0 Å². The van der Waals surface area contributed by atoms with E-state index >= 15 is 0 Å². The molecule has 0 saturated heterocycles. The van der Waals surface area contributed by atoms with E-state index in [1.165, 1.54) is 29.9 Å². The summed E-state index contributed by atoms with van der Waals surface area (Å²) in [5.41, 5.74) is 4.69. The summed E-state index contributed by atoms with van der Waals surface area (Å²) in [6.45, 7) is 9.07. The van der Waals surface area contributed by atoms with Gasteiger partial charge >= 0.3 is 78.0 Å². The van der Waals surface area contributed by atoms with Crippen LogP contribution in [0.1, 0.15) is 27.7 Å². The number of hydrogen-bond donors (Lipinski definition) is 0. The minimum atomic E-state index is 0. The summed E-state index contributed by atoms with van der Waals surface area (Å²) in [6.07, 6.45) is 0. The van der Waals surface area contributed by atoms with Crippen molar-refractivity contribution in [2.24, 2.45) is 5.92 Å². The first-order valence-electron chi connectivity index (χ1n) is 3.65.